The average molecular weight is 408 g/mol. The van der Waals surface area contributed by atoms with E-state index >= 15 is 0 Å². The molecule has 2 amide bonds. The fourth-order valence-electron chi connectivity index (χ4n) is 3.33. The molecular formula is C22H22ClN5O. The summed E-state index contributed by atoms with van der Waals surface area (Å²) in [7, 11) is 0. The number of amides is 2. The van der Waals surface area contributed by atoms with Crippen molar-refractivity contribution in [3.05, 3.63) is 65.2 Å². The van der Waals surface area contributed by atoms with Crippen molar-refractivity contribution in [2.45, 2.75) is 19.8 Å². The predicted molar refractivity (Wildman–Crippen MR) is 118 cm³/mol. The highest BCUT2D eigenvalue weighted by atomic mass is 35.5. The molecule has 0 unspecified atom stereocenters. The van der Waals surface area contributed by atoms with E-state index in [9.17, 15) is 4.79 Å². The molecule has 6 nitrogen and oxygen atoms in total. The number of nitrogens with zero attached hydrogens (tertiary/aromatic N) is 3. The van der Waals surface area contributed by atoms with Crippen LogP contribution in [-0.4, -0.2) is 29.3 Å². The van der Waals surface area contributed by atoms with Crippen LogP contribution in [0.4, 0.5) is 22.0 Å². The molecule has 0 saturated carbocycles. The maximum absolute atomic E-state index is 12.3. The minimum atomic E-state index is -0.321. The van der Waals surface area contributed by atoms with Crippen LogP contribution in [0.25, 0.3) is 11.3 Å². The lowest BCUT2D eigenvalue weighted by Crippen LogP contribution is -2.20. The summed E-state index contributed by atoms with van der Waals surface area (Å²) in [5.74, 6) is 0.928. The summed E-state index contributed by atoms with van der Waals surface area (Å²) in [4.78, 5) is 14.5. The van der Waals surface area contributed by atoms with Crippen molar-refractivity contribution in [2.24, 2.45) is 0 Å². The normalized spacial score (nSPS) is 13.4. The Balaban J connectivity index is 1.39. The number of urea groups is 1. The molecular weight excluding hydrogens is 386 g/mol. The lowest BCUT2D eigenvalue weighted by Gasteiger charge is -2.15. The van der Waals surface area contributed by atoms with E-state index in [1.165, 1.54) is 12.8 Å². The number of benzene rings is 2. The summed E-state index contributed by atoms with van der Waals surface area (Å²) in [6.07, 6.45) is 2.42. The minimum absolute atomic E-state index is 0.321. The minimum Gasteiger partial charge on any atom is -0.355 e. The standard InChI is InChI=1S/C22H22ClN5O/c1-15-4-7-17(23)14-20(15)25-22(29)24-18-8-5-16(6-9-18)19-10-11-21(27-26-19)28-12-2-3-13-28/h4-11,14H,2-3,12-13H2,1H3,(H2,24,25,29). The smallest absolute Gasteiger partial charge is 0.323 e. The molecule has 1 aliphatic heterocycles. The number of halogens is 1. The predicted octanol–water partition coefficient (Wildman–Crippen LogP) is 5.35. The van der Waals surface area contributed by atoms with Crippen molar-refractivity contribution in [2.75, 3.05) is 28.6 Å². The summed E-state index contributed by atoms with van der Waals surface area (Å²) in [6, 6.07) is 16.6. The van der Waals surface area contributed by atoms with E-state index < -0.39 is 0 Å². The Morgan fingerprint density at radius 3 is 2.41 bits per heavy atom. The maximum Gasteiger partial charge on any atom is 0.323 e. The van der Waals surface area contributed by atoms with Crippen LogP contribution in [0, 0.1) is 6.92 Å². The molecule has 0 aliphatic carbocycles. The molecule has 7 heteroatoms. The van der Waals surface area contributed by atoms with Crippen molar-refractivity contribution >= 4 is 34.8 Å². The highest BCUT2D eigenvalue weighted by Gasteiger charge is 2.14. The van der Waals surface area contributed by atoms with E-state index in [0.717, 1.165) is 35.7 Å². The van der Waals surface area contributed by atoms with E-state index in [4.69, 9.17) is 11.6 Å². The van der Waals surface area contributed by atoms with Gasteiger partial charge < -0.3 is 15.5 Å². The monoisotopic (exact) mass is 407 g/mol. The third-order valence-corrected chi connectivity index (χ3v) is 5.20. The van der Waals surface area contributed by atoms with Gasteiger partial charge >= 0.3 is 6.03 Å². The van der Waals surface area contributed by atoms with Crippen LogP contribution in [-0.2, 0) is 0 Å². The fourth-order valence-corrected chi connectivity index (χ4v) is 3.50. The van der Waals surface area contributed by atoms with Gasteiger partial charge in [0.2, 0.25) is 0 Å². The summed E-state index contributed by atoms with van der Waals surface area (Å²) < 4.78 is 0. The van der Waals surface area contributed by atoms with E-state index in [0.29, 0.717) is 16.4 Å². The molecule has 1 saturated heterocycles. The topological polar surface area (TPSA) is 70.2 Å². The zero-order chi connectivity index (χ0) is 20.2. The average Bonchev–Trinajstić information content (AvgIpc) is 3.26. The van der Waals surface area contributed by atoms with Crippen molar-refractivity contribution in [3.63, 3.8) is 0 Å². The first-order valence-electron chi connectivity index (χ1n) is 9.62. The van der Waals surface area contributed by atoms with Crippen molar-refractivity contribution < 1.29 is 4.79 Å². The quantitative estimate of drug-likeness (QED) is 0.611. The van der Waals surface area contributed by atoms with Crippen molar-refractivity contribution in [3.8, 4) is 11.3 Å². The van der Waals surface area contributed by atoms with Crippen LogP contribution < -0.4 is 15.5 Å². The Morgan fingerprint density at radius 1 is 0.966 bits per heavy atom. The van der Waals surface area contributed by atoms with Crippen molar-refractivity contribution in [1.29, 1.82) is 0 Å². The zero-order valence-electron chi connectivity index (χ0n) is 16.2. The first-order valence-corrected chi connectivity index (χ1v) is 9.99. The van der Waals surface area contributed by atoms with E-state index in [-0.39, 0.29) is 6.03 Å². The van der Waals surface area contributed by atoms with Gasteiger partial charge in [0.15, 0.2) is 5.82 Å². The number of hydrogen-bond acceptors (Lipinski definition) is 4. The van der Waals surface area contributed by atoms with Gasteiger partial charge in [-0.3, -0.25) is 0 Å². The molecule has 0 bridgehead atoms. The van der Waals surface area contributed by atoms with E-state index in [2.05, 4.69) is 25.7 Å². The van der Waals surface area contributed by atoms with Gasteiger partial charge in [0.1, 0.15) is 0 Å². The number of aromatic nitrogens is 2. The van der Waals surface area contributed by atoms with Crippen LogP contribution in [0.2, 0.25) is 5.02 Å². The summed E-state index contributed by atoms with van der Waals surface area (Å²) >= 11 is 6.00. The lowest BCUT2D eigenvalue weighted by molar-refractivity contribution is 0.262. The van der Waals surface area contributed by atoms with E-state index in [1.807, 2.05) is 49.4 Å². The van der Waals surface area contributed by atoms with Gasteiger partial charge in [-0.2, -0.15) is 0 Å². The summed E-state index contributed by atoms with van der Waals surface area (Å²) in [5, 5.41) is 14.9. The number of aryl methyl sites for hydroxylation is 1. The van der Waals surface area contributed by atoms with Crippen LogP contribution in [0.5, 0.6) is 0 Å². The molecule has 148 valence electrons. The first-order chi connectivity index (χ1) is 14.1. The number of carbonyl (C=O) groups excluding carboxylic acids is 1. The molecule has 0 radical (unpaired) electrons. The lowest BCUT2D eigenvalue weighted by atomic mass is 10.1. The van der Waals surface area contributed by atoms with Gasteiger partial charge in [0.05, 0.1) is 5.69 Å². The highest BCUT2D eigenvalue weighted by molar-refractivity contribution is 6.31. The van der Waals surface area contributed by atoms with Crippen LogP contribution >= 0.6 is 11.6 Å². The zero-order valence-corrected chi connectivity index (χ0v) is 16.9. The molecule has 1 aliphatic rings. The van der Waals surface area contributed by atoms with Crippen LogP contribution in [0.3, 0.4) is 0 Å². The number of hydrogen-bond donors (Lipinski definition) is 2. The number of carbonyl (C=O) groups is 1. The Hall–Kier alpha value is -3.12. The summed E-state index contributed by atoms with van der Waals surface area (Å²) in [6.45, 7) is 4.01. The maximum atomic E-state index is 12.3. The molecule has 2 aromatic carbocycles. The SMILES string of the molecule is Cc1ccc(Cl)cc1NC(=O)Nc1ccc(-c2ccc(N3CCCC3)nn2)cc1. The number of anilines is 3. The third-order valence-electron chi connectivity index (χ3n) is 4.97. The van der Waals surface area contributed by atoms with Crippen LogP contribution in [0.1, 0.15) is 18.4 Å². The number of nitrogens with one attached hydrogen (secondary N) is 2. The fraction of sp³-hybridized carbons (Fsp3) is 0.227. The first kappa shape index (κ1) is 19.2. The molecule has 2 heterocycles. The van der Waals surface area contributed by atoms with Gasteiger partial charge in [-0.05, 0) is 61.7 Å². The molecule has 3 aromatic rings. The Bertz CT molecular complexity index is 999. The molecule has 1 fully saturated rings. The highest BCUT2D eigenvalue weighted by Crippen LogP contribution is 2.23. The summed E-state index contributed by atoms with van der Waals surface area (Å²) in [5.41, 5.74) is 4.06. The Labute approximate surface area is 174 Å². The Morgan fingerprint density at radius 2 is 1.72 bits per heavy atom. The van der Waals surface area contributed by atoms with Gasteiger partial charge in [-0.15, -0.1) is 10.2 Å². The molecule has 4 rings (SSSR count). The van der Waals surface area contributed by atoms with Gasteiger partial charge in [0, 0.05) is 35.1 Å². The third kappa shape index (κ3) is 4.66. The second-order valence-electron chi connectivity index (χ2n) is 7.09. The molecule has 1 aromatic heterocycles. The van der Waals surface area contributed by atoms with Crippen LogP contribution in [0.15, 0.2) is 54.6 Å². The molecule has 0 atom stereocenters. The molecule has 29 heavy (non-hydrogen) atoms. The van der Waals surface area contributed by atoms with Gasteiger partial charge in [0.25, 0.3) is 0 Å². The Kier molecular flexibility index (Phi) is 5.62. The largest absolute Gasteiger partial charge is 0.355 e. The second-order valence-corrected chi connectivity index (χ2v) is 7.52. The van der Waals surface area contributed by atoms with E-state index in [1.54, 1.807) is 12.1 Å². The van der Waals surface area contributed by atoms with Gasteiger partial charge in [-0.25, -0.2) is 4.79 Å². The second kappa shape index (κ2) is 8.49. The molecule has 0 spiro atoms. The van der Waals surface area contributed by atoms with Crippen molar-refractivity contribution in [1.82, 2.24) is 10.2 Å². The molecule has 2 N–H and O–H groups in total. The number of rotatable bonds is 4. The van der Waals surface area contributed by atoms with Gasteiger partial charge in [-0.1, -0.05) is 29.8 Å².